The van der Waals surface area contributed by atoms with Gasteiger partial charge in [-0.25, -0.2) is 8.42 Å². The number of nitrogens with one attached hydrogen (secondary N) is 1. The molecule has 98 valence electrons. The highest BCUT2D eigenvalue weighted by Gasteiger charge is 2.27. The lowest BCUT2D eigenvalue weighted by molar-refractivity contribution is 0.273. The summed E-state index contributed by atoms with van der Waals surface area (Å²) >= 11 is 1.58. The topological polar surface area (TPSA) is 86.3 Å². The van der Waals surface area contributed by atoms with E-state index < -0.39 is 16.6 Å². The van der Waals surface area contributed by atoms with Crippen LogP contribution in [-0.4, -0.2) is 53.6 Å². The monoisotopic (exact) mass is 279 g/mol. The van der Waals surface area contributed by atoms with Gasteiger partial charge in [0.15, 0.2) is 0 Å². The Morgan fingerprint density at radius 1 is 1.53 bits per heavy atom. The average molecular weight is 279 g/mol. The number of sulfonamides is 1. The molecule has 1 heterocycles. The van der Waals surface area contributed by atoms with Crippen molar-refractivity contribution >= 4 is 21.8 Å². The van der Waals surface area contributed by atoms with Gasteiger partial charge in [0.1, 0.15) is 10.6 Å². The van der Waals surface area contributed by atoms with Gasteiger partial charge in [0.05, 0.1) is 12.3 Å². The number of aromatic nitrogens is 2. The molecule has 0 amide bonds. The summed E-state index contributed by atoms with van der Waals surface area (Å²) in [5.74, 6) is 0.723. The molecule has 0 bridgehead atoms. The zero-order valence-electron chi connectivity index (χ0n) is 10.1. The number of aryl methyl sites for hydroxylation is 1. The quantitative estimate of drug-likeness (QED) is 0.776. The molecule has 8 heteroatoms. The van der Waals surface area contributed by atoms with Crippen LogP contribution in [0.5, 0.6) is 0 Å². The van der Waals surface area contributed by atoms with Crippen molar-refractivity contribution in [3.8, 4) is 0 Å². The second-order valence-corrected chi connectivity index (χ2v) is 6.57. The van der Waals surface area contributed by atoms with Gasteiger partial charge in [-0.1, -0.05) is 0 Å². The third-order valence-corrected chi connectivity index (χ3v) is 5.04. The molecule has 1 aromatic heterocycles. The van der Waals surface area contributed by atoms with Crippen molar-refractivity contribution in [3.05, 3.63) is 11.4 Å². The maximum absolute atomic E-state index is 12.2. The Morgan fingerprint density at radius 2 is 2.18 bits per heavy atom. The molecule has 1 aromatic rings. The molecule has 0 aliphatic carbocycles. The lowest BCUT2D eigenvalue weighted by Gasteiger charge is -2.16. The summed E-state index contributed by atoms with van der Waals surface area (Å²) in [7, 11) is -2.05. The number of aromatic amines is 1. The van der Waals surface area contributed by atoms with E-state index in [-0.39, 0.29) is 10.6 Å². The first-order valence-corrected chi connectivity index (χ1v) is 7.88. The van der Waals surface area contributed by atoms with E-state index in [1.807, 2.05) is 6.26 Å². The molecule has 0 saturated heterocycles. The van der Waals surface area contributed by atoms with Crippen LogP contribution in [0.15, 0.2) is 4.90 Å². The first kappa shape index (κ1) is 14.5. The molecule has 1 rings (SSSR count). The number of hydrogen-bond donors (Lipinski definition) is 2. The Morgan fingerprint density at radius 3 is 2.71 bits per heavy atom. The number of H-pyrrole nitrogens is 1. The summed E-state index contributed by atoms with van der Waals surface area (Å²) < 4.78 is 25.8. The smallest absolute Gasteiger partial charge is 0.246 e. The van der Waals surface area contributed by atoms with E-state index in [1.54, 1.807) is 18.7 Å². The van der Waals surface area contributed by atoms with Crippen LogP contribution in [0.3, 0.4) is 0 Å². The van der Waals surface area contributed by atoms with E-state index in [2.05, 4.69) is 10.2 Å². The number of rotatable bonds is 6. The average Bonchev–Trinajstić information content (AvgIpc) is 2.67. The van der Waals surface area contributed by atoms with E-state index in [0.717, 1.165) is 5.75 Å². The summed E-state index contributed by atoms with van der Waals surface area (Å²) in [5.41, 5.74) is 0.614. The van der Waals surface area contributed by atoms with Gasteiger partial charge < -0.3 is 5.11 Å². The summed E-state index contributed by atoms with van der Waals surface area (Å²) in [6.07, 6.45) is 1.92. The van der Waals surface area contributed by atoms with Gasteiger partial charge in [-0.2, -0.15) is 21.2 Å². The van der Waals surface area contributed by atoms with Crippen LogP contribution in [0, 0.1) is 6.92 Å². The normalized spacial score (nSPS) is 12.3. The van der Waals surface area contributed by atoms with Gasteiger partial charge >= 0.3 is 0 Å². The predicted octanol–water partition coefficient (Wildman–Crippen LogP) is 0.194. The highest BCUT2D eigenvalue weighted by Crippen LogP contribution is 2.21. The second kappa shape index (κ2) is 5.85. The Hall–Kier alpha value is -0.570. The van der Waals surface area contributed by atoms with Gasteiger partial charge in [0.25, 0.3) is 0 Å². The van der Waals surface area contributed by atoms with Gasteiger partial charge in [-0.3, -0.25) is 5.10 Å². The zero-order chi connectivity index (χ0) is 13.1. The Bertz CT molecular complexity index is 470. The van der Waals surface area contributed by atoms with Crippen molar-refractivity contribution in [2.24, 2.45) is 0 Å². The third-order valence-electron chi connectivity index (χ3n) is 2.39. The summed E-state index contributed by atoms with van der Waals surface area (Å²) in [5, 5.41) is 15.4. The Labute approximate surface area is 105 Å². The highest BCUT2D eigenvalue weighted by molar-refractivity contribution is 7.98. The maximum atomic E-state index is 12.2. The molecule has 2 N–H and O–H groups in total. The predicted molar refractivity (Wildman–Crippen MR) is 67.4 cm³/mol. The molecule has 0 unspecified atom stereocenters. The van der Waals surface area contributed by atoms with Crippen molar-refractivity contribution in [1.82, 2.24) is 14.5 Å². The van der Waals surface area contributed by atoms with Crippen LogP contribution in [0.2, 0.25) is 0 Å². The van der Waals surface area contributed by atoms with Crippen molar-refractivity contribution in [2.45, 2.75) is 18.4 Å². The van der Waals surface area contributed by atoms with E-state index in [1.165, 1.54) is 11.4 Å². The number of hydrogen-bond acceptors (Lipinski definition) is 5. The van der Waals surface area contributed by atoms with Crippen molar-refractivity contribution in [2.75, 3.05) is 25.6 Å². The SMILES string of the molecule is CSCCN(C)S(=O)(=O)c1c(CO)n[nH]c1C. The van der Waals surface area contributed by atoms with Crippen LogP contribution in [0.1, 0.15) is 11.4 Å². The van der Waals surface area contributed by atoms with Gasteiger partial charge in [-0.15, -0.1) is 0 Å². The Balaban J connectivity index is 3.08. The number of nitrogens with zero attached hydrogens (tertiary/aromatic N) is 2. The molecule has 0 saturated carbocycles. The summed E-state index contributed by atoms with van der Waals surface area (Å²) in [6, 6.07) is 0. The van der Waals surface area contributed by atoms with Crippen LogP contribution in [0.4, 0.5) is 0 Å². The molecule has 17 heavy (non-hydrogen) atoms. The zero-order valence-corrected chi connectivity index (χ0v) is 11.7. The standard InChI is InChI=1S/C9H17N3O3S2/c1-7-9(8(6-13)11-10-7)17(14,15)12(2)4-5-16-3/h13H,4-6H2,1-3H3,(H,10,11). The van der Waals surface area contributed by atoms with E-state index in [0.29, 0.717) is 12.2 Å². The fourth-order valence-electron chi connectivity index (χ4n) is 1.41. The minimum Gasteiger partial charge on any atom is -0.390 e. The van der Waals surface area contributed by atoms with E-state index in [4.69, 9.17) is 5.11 Å². The molecule has 0 radical (unpaired) electrons. The molecule has 0 aliphatic rings. The highest BCUT2D eigenvalue weighted by atomic mass is 32.2. The molecule has 0 fully saturated rings. The maximum Gasteiger partial charge on any atom is 0.246 e. The molecule has 6 nitrogen and oxygen atoms in total. The Kier molecular flexibility index (Phi) is 4.99. The molecular formula is C9H17N3O3S2. The third kappa shape index (κ3) is 3.01. The lowest BCUT2D eigenvalue weighted by Crippen LogP contribution is -2.30. The van der Waals surface area contributed by atoms with Crippen LogP contribution in [-0.2, 0) is 16.6 Å². The van der Waals surface area contributed by atoms with Crippen molar-refractivity contribution in [3.63, 3.8) is 0 Å². The minimum atomic E-state index is -3.58. The van der Waals surface area contributed by atoms with Crippen LogP contribution < -0.4 is 0 Å². The van der Waals surface area contributed by atoms with Crippen LogP contribution in [0.25, 0.3) is 0 Å². The molecular weight excluding hydrogens is 262 g/mol. The van der Waals surface area contributed by atoms with Gasteiger partial charge in [-0.05, 0) is 13.2 Å². The first-order chi connectivity index (χ1) is 7.95. The molecule has 0 spiro atoms. The molecule has 0 aliphatic heterocycles. The first-order valence-electron chi connectivity index (χ1n) is 5.05. The van der Waals surface area contributed by atoms with E-state index >= 15 is 0 Å². The van der Waals surface area contributed by atoms with Crippen molar-refractivity contribution < 1.29 is 13.5 Å². The van der Waals surface area contributed by atoms with Gasteiger partial charge in [0.2, 0.25) is 10.0 Å². The summed E-state index contributed by atoms with van der Waals surface area (Å²) in [4.78, 5) is 0.0867. The fraction of sp³-hybridized carbons (Fsp3) is 0.667. The lowest BCUT2D eigenvalue weighted by atomic mass is 10.4. The molecule has 0 aromatic carbocycles. The number of thioether (sulfide) groups is 1. The second-order valence-electron chi connectivity index (χ2n) is 3.60. The van der Waals surface area contributed by atoms with Crippen molar-refractivity contribution in [1.29, 1.82) is 0 Å². The van der Waals surface area contributed by atoms with E-state index in [9.17, 15) is 8.42 Å². The van der Waals surface area contributed by atoms with Crippen LogP contribution >= 0.6 is 11.8 Å². The number of aliphatic hydroxyl groups excluding tert-OH is 1. The molecule has 0 atom stereocenters. The largest absolute Gasteiger partial charge is 0.390 e. The minimum absolute atomic E-state index is 0.0867. The summed E-state index contributed by atoms with van der Waals surface area (Å²) in [6.45, 7) is 1.66. The van der Waals surface area contributed by atoms with Gasteiger partial charge in [0, 0.05) is 19.3 Å². The number of aliphatic hydroxyl groups is 1. The fourth-order valence-corrected chi connectivity index (χ4v) is 3.47.